The molecular formula is C14H12FN3OS. The minimum atomic E-state index is -0.931. The van der Waals surface area contributed by atoms with Crippen LogP contribution in [0.4, 0.5) is 10.2 Å². The molecule has 0 aliphatic heterocycles. The van der Waals surface area contributed by atoms with Gasteiger partial charge in [0.05, 0.1) is 11.5 Å². The highest BCUT2D eigenvalue weighted by Gasteiger charge is 2.13. The predicted octanol–water partition coefficient (Wildman–Crippen LogP) is 2.98. The molecule has 2 heterocycles. The van der Waals surface area contributed by atoms with Gasteiger partial charge in [-0.15, -0.1) is 11.3 Å². The molecule has 3 aromatic rings. The normalized spacial score (nSPS) is 12.5. The summed E-state index contributed by atoms with van der Waals surface area (Å²) >= 11 is 1.52. The average Bonchev–Trinajstić information content (AvgIpc) is 2.94. The predicted molar refractivity (Wildman–Crippen MR) is 77.3 cm³/mol. The lowest BCUT2D eigenvalue weighted by Crippen LogP contribution is -2.14. The molecule has 2 N–H and O–H groups in total. The van der Waals surface area contributed by atoms with E-state index in [4.69, 9.17) is 0 Å². The smallest absolute Gasteiger partial charge is 0.138 e. The van der Waals surface area contributed by atoms with E-state index in [1.54, 1.807) is 18.2 Å². The zero-order valence-electron chi connectivity index (χ0n) is 10.5. The van der Waals surface area contributed by atoms with E-state index in [1.165, 1.54) is 23.7 Å². The molecule has 0 spiro atoms. The summed E-state index contributed by atoms with van der Waals surface area (Å²) in [6, 6.07) is 8.11. The maximum atomic E-state index is 13.6. The molecule has 0 saturated carbocycles. The molecule has 0 aliphatic rings. The van der Waals surface area contributed by atoms with Crippen LogP contribution in [0.3, 0.4) is 0 Å². The Morgan fingerprint density at radius 1 is 1.25 bits per heavy atom. The van der Waals surface area contributed by atoms with E-state index < -0.39 is 11.9 Å². The molecule has 20 heavy (non-hydrogen) atoms. The van der Waals surface area contributed by atoms with Crippen LogP contribution in [-0.2, 0) is 0 Å². The van der Waals surface area contributed by atoms with E-state index in [0.29, 0.717) is 5.82 Å². The van der Waals surface area contributed by atoms with E-state index in [0.717, 1.165) is 10.2 Å². The Morgan fingerprint density at radius 2 is 2.10 bits per heavy atom. The van der Waals surface area contributed by atoms with Gasteiger partial charge in [-0.25, -0.2) is 14.4 Å². The fraction of sp³-hybridized carbons (Fsp3) is 0.143. The summed E-state index contributed by atoms with van der Waals surface area (Å²) in [6.07, 6.45) is 0.538. The number of rotatable bonds is 4. The third-order valence-corrected chi connectivity index (χ3v) is 3.81. The number of aliphatic hydroxyl groups excluding tert-OH is 1. The fourth-order valence-corrected chi connectivity index (χ4v) is 2.71. The van der Waals surface area contributed by atoms with Crippen molar-refractivity contribution in [2.75, 3.05) is 11.9 Å². The SMILES string of the molecule is O[C@@H](CNc1ncnc2sccc12)c1ccccc1F. The highest BCUT2D eigenvalue weighted by Crippen LogP contribution is 2.24. The van der Waals surface area contributed by atoms with Crippen LogP contribution in [0.15, 0.2) is 42.0 Å². The largest absolute Gasteiger partial charge is 0.386 e. The van der Waals surface area contributed by atoms with Gasteiger partial charge in [0.1, 0.15) is 22.8 Å². The number of benzene rings is 1. The van der Waals surface area contributed by atoms with E-state index >= 15 is 0 Å². The van der Waals surface area contributed by atoms with Gasteiger partial charge in [-0.05, 0) is 17.5 Å². The van der Waals surface area contributed by atoms with Crippen molar-refractivity contribution in [3.8, 4) is 0 Å². The average molecular weight is 289 g/mol. The number of halogens is 1. The fourth-order valence-electron chi connectivity index (χ4n) is 1.98. The van der Waals surface area contributed by atoms with Crippen LogP contribution in [0, 0.1) is 5.82 Å². The van der Waals surface area contributed by atoms with Gasteiger partial charge in [0.2, 0.25) is 0 Å². The third-order valence-electron chi connectivity index (χ3n) is 2.99. The van der Waals surface area contributed by atoms with Gasteiger partial charge in [0.15, 0.2) is 0 Å². The summed E-state index contributed by atoms with van der Waals surface area (Å²) in [5.74, 6) is 0.233. The van der Waals surface area contributed by atoms with Gasteiger partial charge < -0.3 is 10.4 Å². The molecular weight excluding hydrogens is 277 g/mol. The van der Waals surface area contributed by atoms with E-state index in [-0.39, 0.29) is 12.1 Å². The summed E-state index contributed by atoms with van der Waals surface area (Å²) in [7, 11) is 0. The molecule has 0 bridgehead atoms. The Morgan fingerprint density at radius 3 is 2.95 bits per heavy atom. The molecule has 0 fully saturated rings. The number of anilines is 1. The van der Waals surface area contributed by atoms with Crippen molar-refractivity contribution in [2.45, 2.75) is 6.10 Å². The second-order valence-corrected chi connectivity index (χ2v) is 5.17. The van der Waals surface area contributed by atoms with Crippen LogP contribution in [0.2, 0.25) is 0 Å². The Balaban J connectivity index is 1.76. The van der Waals surface area contributed by atoms with Gasteiger partial charge in [0.25, 0.3) is 0 Å². The maximum absolute atomic E-state index is 13.6. The summed E-state index contributed by atoms with van der Waals surface area (Å²) in [6.45, 7) is 0.183. The number of thiophene rings is 1. The lowest BCUT2D eigenvalue weighted by atomic mass is 10.1. The van der Waals surface area contributed by atoms with Crippen LogP contribution in [0.25, 0.3) is 10.2 Å². The van der Waals surface area contributed by atoms with Gasteiger partial charge >= 0.3 is 0 Å². The number of hydrogen-bond donors (Lipinski definition) is 2. The maximum Gasteiger partial charge on any atom is 0.138 e. The molecule has 2 aromatic heterocycles. The molecule has 0 unspecified atom stereocenters. The summed E-state index contributed by atoms with van der Waals surface area (Å²) in [5, 5.41) is 15.9. The first-order chi connectivity index (χ1) is 9.75. The second kappa shape index (κ2) is 5.52. The molecule has 1 aromatic carbocycles. The summed E-state index contributed by atoms with van der Waals surface area (Å²) < 4.78 is 13.6. The Kier molecular flexibility index (Phi) is 3.58. The Labute approximate surface area is 118 Å². The van der Waals surface area contributed by atoms with E-state index in [2.05, 4.69) is 15.3 Å². The highest BCUT2D eigenvalue weighted by atomic mass is 32.1. The lowest BCUT2D eigenvalue weighted by molar-refractivity contribution is 0.186. The van der Waals surface area contributed by atoms with Crippen molar-refractivity contribution >= 4 is 27.4 Å². The highest BCUT2D eigenvalue weighted by molar-refractivity contribution is 7.16. The molecule has 3 rings (SSSR count). The minimum absolute atomic E-state index is 0.183. The molecule has 4 nitrogen and oxygen atoms in total. The molecule has 0 aliphatic carbocycles. The van der Waals surface area contributed by atoms with Crippen LogP contribution in [-0.4, -0.2) is 21.6 Å². The van der Waals surface area contributed by atoms with Gasteiger partial charge in [-0.3, -0.25) is 0 Å². The number of nitrogens with zero attached hydrogens (tertiary/aromatic N) is 2. The monoisotopic (exact) mass is 289 g/mol. The molecule has 0 saturated heterocycles. The first-order valence-corrected chi connectivity index (χ1v) is 6.98. The van der Waals surface area contributed by atoms with Gasteiger partial charge in [0, 0.05) is 12.1 Å². The topological polar surface area (TPSA) is 58.0 Å². The van der Waals surface area contributed by atoms with Crippen LogP contribution >= 0.6 is 11.3 Å². The van der Waals surface area contributed by atoms with Crippen molar-refractivity contribution in [1.29, 1.82) is 0 Å². The quantitative estimate of drug-likeness (QED) is 0.775. The van der Waals surface area contributed by atoms with Crippen molar-refractivity contribution in [1.82, 2.24) is 9.97 Å². The first-order valence-electron chi connectivity index (χ1n) is 6.10. The molecule has 102 valence electrons. The van der Waals surface area contributed by atoms with Crippen LogP contribution in [0.1, 0.15) is 11.7 Å². The lowest BCUT2D eigenvalue weighted by Gasteiger charge is -2.13. The standard InChI is InChI=1S/C14H12FN3OS/c15-11-4-2-1-3-9(11)12(19)7-16-13-10-5-6-20-14(10)18-8-17-13/h1-6,8,12,19H,7H2,(H,16,17,18)/t12-/m0/s1. The summed E-state index contributed by atoms with van der Waals surface area (Å²) in [5.41, 5.74) is 0.274. The van der Waals surface area contributed by atoms with Crippen molar-refractivity contribution < 1.29 is 9.50 Å². The molecule has 0 amide bonds. The zero-order chi connectivity index (χ0) is 13.9. The van der Waals surface area contributed by atoms with Crippen molar-refractivity contribution in [2.24, 2.45) is 0 Å². The first kappa shape index (κ1) is 13.0. The van der Waals surface area contributed by atoms with E-state index in [9.17, 15) is 9.50 Å². The third kappa shape index (κ3) is 2.48. The summed E-state index contributed by atoms with van der Waals surface area (Å²) in [4.78, 5) is 9.17. The number of hydrogen-bond acceptors (Lipinski definition) is 5. The Bertz CT molecular complexity index is 731. The minimum Gasteiger partial charge on any atom is -0.386 e. The van der Waals surface area contributed by atoms with E-state index in [1.807, 2.05) is 11.4 Å². The van der Waals surface area contributed by atoms with Crippen molar-refractivity contribution in [3.05, 3.63) is 53.4 Å². The van der Waals surface area contributed by atoms with Crippen LogP contribution < -0.4 is 5.32 Å². The van der Waals surface area contributed by atoms with Crippen LogP contribution in [0.5, 0.6) is 0 Å². The molecule has 6 heteroatoms. The van der Waals surface area contributed by atoms with Gasteiger partial charge in [-0.2, -0.15) is 0 Å². The molecule has 0 radical (unpaired) electrons. The zero-order valence-corrected chi connectivity index (χ0v) is 11.3. The van der Waals surface area contributed by atoms with Crippen molar-refractivity contribution in [3.63, 3.8) is 0 Å². The van der Waals surface area contributed by atoms with Gasteiger partial charge in [-0.1, -0.05) is 18.2 Å². The number of fused-ring (bicyclic) bond motifs is 1. The second-order valence-electron chi connectivity index (χ2n) is 4.28. The number of nitrogens with one attached hydrogen (secondary N) is 1. The number of aliphatic hydroxyl groups is 1. The number of aromatic nitrogens is 2. The Hall–Kier alpha value is -2.05. The molecule has 1 atom stereocenters.